The van der Waals surface area contributed by atoms with Gasteiger partial charge in [0.1, 0.15) is 0 Å². The molecule has 0 nitrogen and oxygen atoms in total. The SMILES string of the molecule is [CH2]CCCCC#CC(C)SC. The summed E-state index contributed by atoms with van der Waals surface area (Å²) in [4.78, 5) is 0. The monoisotopic (exact) mass is 169 g/mol. The summed E-state index contributed by atoms with van der Waals surface area (Å²) < 4.78 is 0. The second kappa shape index (κ2) is 8.01. The lowest BCUT2D eigenvalue weighted by Crippen LogP contribution is -1.87. The highest BCUT2D eigenvalue weighted by atomic mass is 32.2. The predicted octanol–water partition coefficient (Wildman–Crippen LogP) is 3.14. The minimum absolute atomic E-state index is 0.495. The molecule has 11 heavy (non-hydrogen) atoms. The van der Waals surface area contributed by atoms with Gasteiger partial charge in [0.25, 0.3) is 0 Å². The Morgan fingerprint density at radius 3 is 2.73 bits per heavy atom. The minimum Gasteiger partial charge on any atom is -0.149 e. The van der Waals surface area contributed by atoms with Gasteiger partial charge in [-0.15, -0.1) is 17.7 Å². The van der Waals surface area contributed by atoms with E-state index in [9.17, 15) is 0 Å². The van der Waals surface area contributed by atoms with Gasteiger partial charge in [0.2, 0.25) is 0 Å². The molecular weight excluding hydrogens is 152 g/mol. The van der Waals surface area contributed by atoms with E-state index in [0.717, 1.165) is 12.8 Å². The highest BCUT2D eigenvalue weighted by Crippen LogP contribution is 2.03. The van der Waals surface area contributed by atoms with Gasteiger partial charge in [-0.05, 0) is 19.6 Å². The molecule has 0 aromatic carbocycles. The van der Waals surface area contributed by atoms with Crippen LogP contribution in [0.1, 0.15) is 32.6 Å². The van der Waals surface area contributed by atoms with Gasteiger partial charge in [0.05, 0.1) is 5.25 Å². The third-order valence-corrected chi connectivity index (χ3v) is 2.29. The van der Waals surface area contributed by atoms with Gasteiger partial charge in [0.15, 0.2) is 0 Å². The number of rotatable bonds is 4. The molecule has 1 radical (unpaired) electrons. The molecule has 0 rings (SSSR count). The summed E-state index contributed by atoms with van der Waals surface area (Å²) in [7, 11) is 0. The number of hydrogen-bond donors (Lipinski definition) is 0. The van der Waals surface area contributed by atoms with Gasteiger partial charge in [-0.3, -0.25) is 0 Å². The molecule has 0 aromatic rings. The van der Waals surface area contributed by atoms with E-state index in [4.69, 9.17) is 0 Å². The van der Waals surface area contributed by atoms with Crippen molar-refractivity contribution in [2.75, 3.05) is 6.26 Å². The van der Waals surface area contributed by atoms with Crippen molar-refractivity contribution >= 4 is 11.8 Å². The third-order valence-electron chi connectivity index (χ3n) is 1.46. The van der Waals surface area contributed by atoms with E-state index >= 15 is 0 Å². The summed E-state index contributed by atoms with van der Waals surface area (Å²) in [5, 5.41) is 0.495. The number of unbranched alkanes of at least 4 members (excludes halogenated alkanes) is 3. The van der Waals surface area contributed by atoms with Crippen LogP contribution in [0, 0.1) is 18.8 Å². The van der Waals surface area contributed by atoms with Crippen LogP contribution in [0.4, 0.5) is 0 Å². The lowest BCUT2D eigenvalue weighted by molar-refractivity contribution is 0.770. The summed E-state index contributed by atoms with van der Waals surface area (Å²) in [5.41, 5.74) is 0. The number of thioether (sulfide) groups is 1. The quantitative estimate of drug-likeness (QED) is 0.460. The topological polar surface area (TPSA) is 0 Å². The van der Waals surface area contributed by atoms with Crippen molar-refractivity contribution in [3.8, 4) is 11.8 Å². The molecule has 0 N–H and O–H groups in total. The molecule has 0 saturated heterocycles. The van der Waals surface area contributed by atoms with Gasteiger partial charge >= 0.3 is 0 Å². The zero-order valence-electron chi connectivity index (χ0n) is 7.52. The van der Waals surface area contributed by atoms with Crippen LogP contribution in [0.15, 0.2) is 0 Å². The Hall–Kier alpha value is -0.0900. The Balaban J connectivity index is 3.25. The predicted molar refractivity (Wildman–Crippen MR) is 54.6 cm³/mol. The average Bonchev–Trinajstić information content (AvgIpc) is 2.04. The molecule has 0 saturated carbocycles. The van der Waals surface area contributed by atoms with Gasteiger partial charge in [-0.1, -0.05) is 25.7 Å². The summed E-state index contributed by atoms with van der Waals surface area (Å²) in [6.45, 7) is 5.92. The van der Waals surface area contributed by atoms with E-state index in [1.54, 1.807) is 11.8 Å². The van der Waals surface area contributed by atoms with Crippen LogP contribution in [0.3, 0.4) is 0 Å². The lowest BCUT2D eigenvalue weighted by atomic mass is 10.2. The standard InChI is InChI=1S/C10H17S/c1-4-5-6-7-8-9-10(2)11-3/h10H,1,4-7H2,2-3H3. The molecule has 0 amide bonds. The first-order valence-corrected chi connectivity index (χ1v) is 5.40. The van der Waals surface area contributed by atoms with Crippen LogP contribution in [0.5, 0.6) is 0 Å². The number of hydrogen-bond acceptors (Lipinski definition) is 1. The van der Waals surface area contributed by atoms with Crippen LogP contribution >= 0.6 is 11.8 Å². The molecular formula is C10H17S. The fourth-order valence-electron chi connectivity index (χ4n) is 0.665. The molecule has 0 bridgehead atoms. The van der Waals surface area contributed by atoms with Gasteiger partial charge in [-0.25, -0.2) is 0 Å². The molecule has 0 spiro atoms. The maximum absolute atomic E-state index is 3.78. The fraction of sp³-hybridized carbons (Fsp3) is 0.700. The largest absolute Gasteiger partial charge is 0.149 e. The molecule has 1 heteroatoms. The molecule has 0 aliphatic heterocycles. The Morgan fingerprint density at radius 2 is 2.18 bits per heavy atom. The Morgan fingerprint density at radius 1 is 1.45 bits per heavy atom. The van der Waals surface area contributed by atoms with Gasteiger partial charge in [0, 0.05) is 6.42 Å². The highest BCUT2D eigenvalue weighted by molar-refractivity contribution is 7.99. The van der Waals surface area contributed by atoms with E-state index in [0.29, 0.717) is 5.25 Å². The Labute approximate surface area is 75.1 Å². The first-order chi connectivity index (χ1) is 5.31. The van der Waals surface area contributed by atoms with Crippen LogP contribution in [0.2, 0.25) is 0 Å². The smallest absolute Gasteiger partial charge is 0.0626 e. The Bertz CT molecular complexity index is 130. The summed E-state index contributed by atoms with van der Waals surface area (Å²) >= 11 is 1.80. The lowest BCUT2D eigenvalue weighted by Gasteiger charge is -1.94. The summed E-state index contributed by atoms with van der Waals surface area (Å²) in [5.74, 6) is 6.36. The van der Waals surface area contributed by atoms with Crippen molar-refractivity contribution in [3.05, 3.63) is 6.92 Å². The zero-order chi connectivity index (χ0) is 8.53. The third kappa shape index (κ3) is 7.81. The first kappa shape index (κ1) is 10.9. The van der Waals surface area contributed by atoms with E-state index in [1.165, 1.54) is 12.8 Å². The van der Waals surface area contributed by atoms with Crippen LogP contribution < -0.4 is 0 Å². The maximum Gasteiger partial charge on any atom is 0.0626 e. The molecule has 63 valence electrons. The minimum atomic E-state index is 0.495. The van der Waals surface area contributed by atoms with Gasteiger partial charge in [-0.2, -0.15) is 0 Å². The Kier molecular flexibility index (Phi) is 7.95. The summed E-state index contributed by atoms with van der Waals surface area (Å²) in [6, 6.07) is 0. The maximum atomic E-state index is 3.78. The highest BCUT2D eigenvalue weighted by Gasteiger charge is 1.88. The van der Waals surface area contributed by atoms with Crippen molar-refractivity contribution in [3.63, 3.8) is 0 Å². The van der Waals surface area contributed by atoms with Crippen molar-refractivity contribution in [1.82, 2.24) is 0 Å². The van der Waals surface area contributed by atoms with E-state index in [1.807, 2.05) is 0 Å². The first-order valence-electron chi connectivity index (χ1n) is 4.11. The van der Waals surface area contributed by atoms with Crippen molar-refractivity contribution in [2.24, 2.45) is 0 Å². The van der Waals surface area contributed by atoms with Crippen molar-refractivity contribution < 1.29 is 0 Å². The zero-order valence-corrected chi connectivity index (χ0v) is 8.34. The van der Waals surface area contributed by atoms with Crippen LogP contribution in [-0.2, 0) is 0 Å². The van der Waals surface area contributed by atoms with Crippen LogP contribution in [-0.4, -0.2) is 11.5 Å². The van der Waals surface area contributed by atoms with Gasteiger partial charge < -0.3 is 0 Å². The second-order valence-corrected chi connectivity index (χ2v) is 3.69. The normalized spacial score (nSPS) is 11.9. The fourth-order valence-corrected chi connectivity index (χ4v) is 0.866. The summed E-state index contributed by atoms with van der Waals surface area (Å²) in [6.07, 6.45) is 6.59. The molecule has 0 heterocycles. The molecule has 0 aromatic heterocycles. The molecule has 1 atom stereocenters. The van der Waals surface area contributed by atoms with E-state index in [2.05, 4.69) is 31.9 Å². The molecule has 0 aliphatic rings. The van der Waals surface area contributed by atoms with Crippen LogP contribution in [0.25, 0.3) is 0 Å². The average molecular weight is 169 g/mol. The molecule has 0 fully saturated rings. The molecule has 1 unspecified atom stereocenters. The second-order valence-electron chi connectivity index (χ2n) is 2.51. The molecule has 0 aliphatic carbocycles. The van der Waals surface area contributed by atoms with E-state index < -0.39 is 0 Å². The van der Waals surface area contributed by atoms with Crippen molar-refractivity contribution in [2.45, 2.75) is 37.9 Å². The van der Waals surface area contributed by atoms with E-state index in [-0.39, 0.29) is 0 Å². The van der Waals surface area contributed by atoms with Crippen molar-refractivity contribution in [1.29, 1.82) is 0 Å².